The maximum Gasteiger partial charge on any atom is 0.282 e. The number of aryl methyl sites for hydroxylation is 1. The highest BCUT2D eigenvalue weighted by atomic mass is 79.9. The number of furan rings is 1. The molecular weight excluding hydrogens is 648 g/mol. The van der Waals surface area contributed by atoms with E-state index >= 15 is 0 Å². The molecule has 0 spiro atoms. The van der Waals surface area contributed by atoms with Crippen molar-refractivity contribution in [2.45, 2.75) is 6.92 Å². The number of halogens is 2. The summed E-state index contributed by atoms with van der Waals surface area (Å²) in [4.78, 5) is 30.9. The van der Waals surface area contributed by atoms with Crippen molar-refractivity contribution in [1.82, 2.24) is 9.66 Å². The smallest absolute Gasteiger partial charge is 0.282 e. The molecule has 1 amide bonds. The normalized spacial score (nSPS) is 11.4. The number of anilines is 1. The van der Waals surface area contributed by atoms with Gasteiger partial charge in [-0.2, -0.15) is 9.78 Å². The Morgan fingerprint density at radius 2 is 1.86 bits per heavy atom. The van der Waals surface area contributed by atoms with E-state index in [4.69, 9.17) is 30.5 Å². The molecule has 1 N–H and O–H groups in total. The summed E-state index contributed by atoms with van der Waals surface area (Å²) in [5, 5.41) is 9.09. The summed E-state index contributed by atoms with van der Waals surface area (Å²) in [7, 11) is 1.49. The van der Waals surface area contributed by atoms with E-state index in [0.29, 0.717) is 54.5 Å². The number of aromatic nitrogens is 2. The molecule has 0 bridgehead atoms. The van der Waals surface area contributed by atoms with E-state index in [1.807, 2.05) is 37.3 Å². The largest absolute Gasteiger partial charge is 0.493 e. The van der Waals surface area contributed by atoms with Gasteiger partial charge in [0.15, 0.2) is 23.9 Å². The summed E-state index contributed by atoms with van der Waals surface area (Å²) in [6.45, 7) is 1.68. The Bertz CT molecular complexity index is 2140. The first-order chi connectivity index (χ1) is 21.3. The predicted molar refractivity (Wildman–Crippen MR) is 175 cm³/mol. The minimum Gasteiger partial charge on any atom is -0.493 e. The maximum absolute atomic E-state index is 13.6. The van der Waals surface area contributed by atoms with Gasteiger partial charge < -0.3 is 19.2 Å². The van der Waals surface area contributed by atoms with Crippen molar-refractivity contribution in [3.05, 3.63) is 116 Å². The Labute approximate surface area is 264 Å². The Morgan fingerprint density at radius 3 is 2.68 bits per heavy atom. The van der Waals surface area contributed by atoms with E-state index in [2.05, 4.69) is 26.3 Å². The van der Waals surface area contributed by atoms with Gasteiger partial charge in [0.05, 0.1) is 24.2 Å². The molecule has 0 fully saturated rings. The SMILES string of the molecule is COc1cc(C=Nn2c(-c3cc4cc(Cl)ccc4o3)nc3ccccc3c2=O)c(Br)cc1OCC(=O)Nc1ccccc1C. The van der Waals surface area contributed by atoms with Crippen LogP contribution in [0, 0.1) is 6.92 Å². The molecule has 2 aromatic heterocycles. The van der Waals surface area contributed by atoms with E-state index in [-0.39, 0.29) is 23.9 Å². The molecule has 6 rings (SSSR count). The van der Waals surface area contributed by atoms with Crippen LogP contribution in [0.2, 0.25) is 5.02 Å². The molecule has 9 nitrogen and oxygen atoms in total. The van der Waals surface area contributed by atoms with Crippen molar-refractivity contribution in [1.29, 1.82) is 0 Å². The van der Waals surface area contributed by atoms with Gasteiger partial charge in [-0.3, -0.25) is 9.59 Å². The number of nitrogens with zero attached hydrogens (tertiary/aromatic N) is 3. The maximum atomic E-state index is 13.6. The number of ether oxygens (including phenoxy) is 2. The topological polar surface area (TPSA) is 108 Å². The highest BCUT2D eigenvalue weighted by Crippen LogP contribution is 2.33. The van der Waals surface area contributed by atoms with E-state index in [0.717, 1.165) is 10.9 Å². The molecule has 0 radical (unpaired) electrons. The first-order valence-electron chi connectivity index (χ1n) is 13.4. The van der Waals surface area contributed by atoms with Crippen molar-refractivity contribution < 1.29 is 18.7 Å². The number of fused-ring (bicyclic) bond motifs is 2. The molecule has 6 aromatic rings. The van der Waals surface area contributed by atoms with Crippen LogP contribution in [-0.2, 0) is 4.79 Å². The quantitative estimate of drug-likeness (QED) is 0.169. The number of benzene rings is 4. The Kier molecular flexibility index (Phi) is 8.19. The van der Waals surface area contributed by atoms with Gasteiger partial charge in [0.25, 0.3) is 11.5 Å². The summed E-state index contributed by atoms with van der Waals surface area (Å²) >= 11 is 9.72. The van der Waals surface area contributed by atoms with Crippen molar-refractivity contribution in [2.75, 3.05) is 19.0 Å². The number of rotatable bonds is 8. The summed E-state index contributed by atoms with van der Waals surface area (Å²) in [6, 6.07) is 24.9. The lowest BCUT2D eigenvalue weighted by atomic mass is 10.2. The van der Waals surface area contributed by atoms with Gasteiger partial charge in [0, 0.05) is 26.1 Å². The van der Waals surface area contributed by atoms with Gasteiger partial charge in [0.1, 0.15) is 5.58 Å². The van der Waals surface area contributed by atoms with Crippen LogP contribution in [0.25, 0.3) is 33.5 Å². The lowest BCUT2D eigenvalue weighted by Gasteiger charge is -2.13. The molecule has 0 atom stereocenters. The third-order valence-electron chi connectivity index (χ3n) is 6.83. The van der Waals surface area contributed by atoms with Gasteiger partial charge in [-0.15, -0.1) is 0 Å². The molecule has 11 heteroatoms. The molecule has 0 saturated heterocycles. The van der Waals surface area contributed by atoms with E-state index in [9.17, 15) is 9.59 Å². The fourth-order valence-electron chi connectivity index (χ4n) is 4.60. The second-order valence-corrected chi connectivity index (χ2v) is 11.1. The van der Waals surface area contributed by atoms with Gasteiger partial charge in [0.2, 0.25) is 5.82 Å². The van der Waals surface area contributed by atoms with Crippen molar-refractivity contribution >= 4 is 67.2 Å². The average molecular weight is 672 g/mol. The molecule has 44 heavy (non-hydrogen) atoms. The first-order valence-corrected chi connectivity index (χ1v) is 14.6. The van der Waals surface area contributed by atoms with Crippen LogP contribution in [0.5, 0.6) is 11.5 Å². The number of hydrogen-bond acceptors (Lipinski definition) is 7. The second-order valence-electron chi connectivity index (χ2n) is 9.78. The van der Waals surface area contributed by atoms with Crippen molar-refractivity contribution in [3.63, 3.8) is 0 Å². The Morgan fingerprint density at radius 1 is 1.07 bits per heavy atom. The van der Waals surface area contributed by atoms with Gasteiger partial charge in [-0.05, 0) is 83.0 Å². The number of hydrogen-bond donors (Lipinski definition) is 1. The molecule has 0 aliphatic carbocycles. The van der Waals surface area contributed by atoms with E-state index in [1.165, 1.54) is 18.0 Å². The third-order valence-corrected chi connectivity index (χ3v) is 7.75. The van der Waals surface area contributed by atoms with Crippen molar-refractivity contribution in [3.8, 4) is 23.1 Å². The molecule has 0 saturated carbocycles. The summed E-state index contributed by atoms with van der Waals surface area (Å²) in [5.74, 6) is 0.984. The van der Waals surface area contributed by atoms with Gasteiger partial charge in [-0.25, -0.2) is 4.98 Å². The fraction of sp³-hybridized carbons (Fsp3) is 0.0909. The highest BCUT2D eigenvalue weighted by molar-refractivity contribution is 9.10. The van der Waals surface area contributed by atoms with Gasteiger partial charge in [-0.1, -0.05) is 41.9 Å². The molecule has 220 valence electrons. The minimum atomic E-state index is -0.372. The number of carbonyl (C=O) groups is 1. The monoisotopic (exact) mass is 670 g/mol. The molecule has 2 heterocycles. The Balaban J connectivity index is 1.32. The van der Waals surface area contributed by atoms with E-state index in [1.54, 1.807) is 54.6 Å². The van der Waals surface area contributed by atoms with Crippen LogP contribution in [0.4, 0.5) is 5.69 Å². The molecule has 0 unspecified atom stereocenters. The zero-order valence-corrected chi connectivity index (χ0v) is 25.8. The number of carbonyl (C=O) groups excluding carboxylic acids is 1. The van der Waals surface area contributed by atoms with Crippen LogP contribution in [0.15, 0.2) is 104 Å². The summed E-state index contributed by atoms with van der Waals surface area (Å²) in [6.07, 6.45) is 1.50. The number of para-hydroxylation sites is 2. The number of amides is 1. The third kappa shape index (κ3) is 5.95. The first kappa shape index (κ1) is 29.2. The van der Waals surface area contributed by atoms with Crippen LogP contribution in [-0.4, -0.2) is 35.5 Å². The summed E-state index contributed by atoms with van der Waals surface area (Å²) < 4.78 is 19.1. The highest BCUT2D eigenvalue weighted by Gasteiger charge is 2.17. The molecule has 0 aliphatic rings. The lowest BCUT2D eigenvalue weighted by molar-refractivity contribution is -0.118. The minimum absolute atomic E-state index is 0.222. The average Bonchev–Trinajstić information content (AvgIpc) is 3.44. The molecule has 0 aliphatic heterocycles. The Hall–Kier alpha value is -4.93. The molecular formula is C33H24BrClN4O5. The number of methoxy groups -OCH3 is 1. The van der Waals surface area contributed by atoms with Crippen LogP contribution >= 0.6 is 27.5 Å². The standard InChI is InChI=1S/C33H24BrClN4O5/c1-19-7-3-5-9-25(19)37-31(40)18-43-29-16-24(34)21(15-28(29)42-2)17-36-39-32(38-26-10-6-4-8-23(26)33(39)41)30-14-20-13-22(35)11-12-27(20)44-30/h3-17H,18H2,1-2H3,(H,37,40). The predicted octanol–water partition coefficient (Wildman–Crippen LogP) is 7.44. The number of nitrogens with one attached hydrogen (secondary N) is 1. The van der Waals surface area contributed by atoms with Crippen molar-refractivity contribution in [2.24, 2.45) is 5.10 Å². The van der Waals surface area contributed by atoms with Crippen LogP contribution in [0.3, 0.4) is 0 Å². The molecule has 4 aromatic carbocycles. The lowest BCUT2D eigenvalue weighted by Crippen LogP contribution is -2.21. The van der Waals surface area contributed by atoms with Gasteiger partial charge >= 0.3 is 0 Å². The zero-order valence-electron chi connectivity index (χ0n) is 23.5. The van der Waals surface area contributed by atoms with Crippen LogP contribution in [0.1, 0.15) is 11.1 Å². The second kappa shape index (κ2) is 12.4. The van der Waals surface area contributed by atoms with E-state index < -0.39 is 0 Å². The fourth-order valence-corrected chi connectivity index (χ4v) is 5.20. The summed E-state index contributed by atoms with van der Waals surface area (Å²) in [5.41, 5.74) is 2.97. The van der Waals surface area contributed by atoms with Crippen LogP contribution < -0.4 is 20.3 Å². The zero-order chi connectivity index (χ0) is 30.8.